The molecule has 1 N–H and O–H groups in total. The molecule has 78 valence electrons. The first-order valence-electron chi connectivity index (χ1n) is 6.04. The largest absolute Gasteiger partial charge is 0.297 e. The van der Waals surface area contributed by atoms with Crippen molar-refractivity contribution in [1.29, 1.82) is 5.26 Å². The van der Waals surface area contributed by atoms with Crippen molar-refractivity contribution in [2.45, 2.75) is 69.4 Å². The third kappa shape index (κ3) is 2.09. The van der Waals surface area contributed by atoms with E-state index < -0.39 is 0 Å². The Balaban J connectivity index is 1.86. The van der Waals surface area contributed by atoms with E-state index in [-0.39, 0.29) is 5.54 Å². The number of nitrogens with zero attached hydrogens (tertiary/aromatic N) is 1. The number of hydrogen-bond donors (Lipinski definition) is 1. The molecule has 2 saturated carbocycles. The fourth-order valence-electron chi connectivity index (χ4n) is 2.63. The topological polar surface area (TPSA) is 35.8 Å². The Morgan fingerprint density at radius 1 is 1.00 bits per heavy atom. The third-order valence-electron chi connectivity index (χ3n) is 3.76. The van der Waals surface area contributed by atoms with E-state index in [0.29, 0.717) is 6.04 Å². The molecule has 2 nitrogen and oxygen atoms in total. The Kier molecular flexibility index (Phi) is 3.08. The second-order valence-electron chi connectivity index (χ2n) is 4.88. The minimum absolute atomic E-state index is 0.130. The molecule has 0 aromatic heterocycles. The summed E-state index contributed by atoms with van der Waals surface area (Å²) in [5.74, 6) is 0. The third-order valence-corrected chi connectivity index (χ3v) is 3.76. The monoisotopic (exact) mass is 192 g/mol. The summed E-state index contributed by atoms with van der Waals surface area (Å²) in [6.07, 6.45) is 11.4. The molecule has 0 amide bonds. The van der Waals surface area contributed by atoms with Gasteiger partial charge in [-0.1, -0.05) is 25.7 Å². The van der Waals surface area contributed by atoms with Crippen LogP contribution < -0.4 is 5.32 Å². The fraction of sp³-hybridized carbons (Fsp3) is 0.917. The molecule has 0 unspecified atom stereocenters. The maximum absolute atomic E-state index is 9.12. The zero-order valence-electron chi connectivity index (χ0n) is 8.89. The van der Waals surface area contributed by atoms with Crippen molar-refractivity contribution in [1.82, 2.24) is 5.32 Å². The zero-order valence-corrected chi connectivity index (χ0v) is 8.89. The highest BCUT2D eigenvalue weighted by molar-refractivity contribution is 5.13. The summed E-state index contributed by atoms with van der Waals surface area (Å²) in [5, 5.41) is 12.7. The zero-order chi connectivity index (χ0) is 9.86. The molecule has 2 fully saturated rings. The Hall–Kier alpha value is -0.550. The van der Waals surface area contributed by atoms with Crippen LogP contribution in [0, 0.1) is 11.3 Å². The molecular formula is C12H20N2. The van der Waals surface area contributed by atoms with Crippen LogP contribution in [-0.4, -0.2) is 11.6 Å². The molecule has 0 radical (unpaired) electrons. The van der Waals surface area contributed by atoms with Gasteiger partial charge in [0, 0.05) is 6.04 Å². The first-order chi connectivity index (χ1) is 6.85. The van der Waals surface area contributed by atoms with Crippen molar-refractivity contribution < 1.29 is 0 Å². The van der Waals surface area contributed by atoms with E-state index in [2.05, 4.69) is 11.4 Å². The van der Waals surface area contributed by atoms with Crippen LogP contribution in [0.4, 0.5) is 0 Å². The van der Waals surface area contributed by atoms with Crippen LogP contribution in [0.15, 0.2) is 0 Å². The van der Waals surface area contributed by atoms with E-state index in [9.17, 15) is 0 Å². The average Bonchev–Trinajstić information content (AvgIpc) is 2.39. The molecule has 0 saturated heterocycles. The molecule has 0 atom stereocenters. The molecule has 2 aliphatic rings. The Labute approximate surface area is 86.7 Å². The number of nitriles is 1. The van der Waals surface area contributed by atoms with Gasteiger partial charge in [-0.2, -0.15) is 5.26 Å². The van der Waals surface area contributed by atoms with Gasteiger partial charge in [-0.3, -0.25) is 5.32 Å². The first-order valence-corrected chi connectivity index (χ1v) is 6.04. The van der Waals surface area contributed by atoms with Gasteiger partial charge in [0.25, 0.3) is 0 Å². The van der Waals surface area contributed by atoms with Crippen LogP contribution in [0.2, 0.25) is 0 Å². The lowest BCUT2D eigenvalue weighted by Gasteiger charge is -2.39. The Bertz CT molecular complexity index is 217. The second kappa shape index (κ2) is 4.31. The maximum Gasteiger partial charge on any atom is 0.106 e. The van der Waals surface area contributed by atoms with Gasteiger partial charge in [-0.05, 0) is 32.1 Å². The van der Waals surface area contributed by atoms with Crippen molar-refractivity contribution in [3.8, 4) is 6.07 Å². The lowest BCUT2D eigenvalue weighted by molar-refractivity contribution is 0.218. The van der Waals surface area contributed by atoms with Crippen LogP contribution in [0.5, 0.6) is 0 Å². The normalized spacial score (nSPS) is 27.4. The highest BCUT2D eigenvalue weighted by Crippen LogP contribution is 2.33. The molecule has 2 rings (SSSR count). The van der Waals surface area contributed by atoms with Crippen LogP contribution in [0.25, 0.3) is 0 Å². The minimum Gasteiger partial charge on any atom is -0.297 e. The summed E-state index contributed by atoms with van der Waals surface area (Å²) in [6.45, 7) is 0. The predicted molar refractivity (Wildman–Crippen MR) is 56.8 cm³/mol. The Morgan fingerprint density at radius 3 is 2.07 bits per heavy atom. The SMILES string of the molecule is N#CC1(NC2CCCCCC2)CCC1. The lowest BCUT2D eigenvalue weighted by Crippen LogP contribution is -2.53. The van der Waals surface area contributed by atoms with Crippen molar-refractivity contribution in [2.75, 3.05) is 0 Å². The smallest absolute Gasteiger partial charge is 0.106 e. The van der Waals surface area contributed by atoms with Gasteiger partial charge < -0.3 is 0 Å². The average molecular weight is 192 g/mol. The van der Waals surface area contributed by atoms with Crippen molar-refractivity contribution in [3.63, 3.8) is 0 Å². The molecule has 0 aromatic rings. The minimum atomic E-state index is -0.130. The molecule has 14 heavy (non-hydrogen) atoms. The molecular weight excluding hydrogens is 172 g/mol. The van der Waals surface area contributed by atoms with Gasteiger partial charge in [-0.15, -0.1) is 0 Å². The standard InChI is InChI=1S/C12H20N2/c13-10-12(8-5-9-12)14-11-6-3-1-2-4-7-11/h11,14H,1-9H2. The summed E-state index contributed by atoms with van der Waals surface area (Å²) in [5.41, 5.74) is -0.130. The van der Waals surface area contributed by atoms with Gasteiger partial charge in [0.2, 0.25) is 0 Å². The molecule has 0 spiro atoms. The van der Waals surface area contributed by atoms with E-state index in [4.69, 9.17) is 5.26 Å². The summed E-state index contributed by atoms with van der Waals surface area (Å²) in [7, 11) is 0. The van der Waals surface area contributed by atoms with Gasteiger partial charge in [0.15, 0.2) is 0 Å². The summed E-state index contributed by atoms with van der Waals surface area (Å²) in [4.78, 5) is 0. The van der Waals surface area contributed by atoms with Crippen LogP contribution in [0.3, 0.4) is 0 Å². The maximum atomic E-state index is 9.12. The lowest BCUT2D eigenvalue weighted by atomic mass is 9.77. The quantitative estimate of drug-likeness (QED) is 0.683. The molecule has 0 aliphatic heterocycles. The van der Waals surface area contributed by atoms with Gasteiger partial charge in [0.05, 0.1) is 6.07 Å². The van der Waals surface area contributed by atoms with Crippen LogP contribution in [-0.2, 0) is 0 Å². The van der Waals surface area contributed by atoms with E-state index in [1.54, 1.807) is 0 Å². The highest BCUT2D eigenvalue weighted by atomic mass is 15.0. The van der Waals surface area contributed by atoms with Gasteiger partial charge in [0.1, 0.15) is 5.54 Å². The van der Waals surface area contributed by atoms with Crippen molar-refractivity contribution in [3.05, 3.63) is 0 Å². The summed E-state index contributed by atoms with van der Waals surface area (Å²) >= 11 is 0. The van der Waals surface area contributed by atoms with Crippen molar-refractivity contribution in [2.24, 2.45) is 0 Å². The first kappa shape index (κ1) is 9.98. The van der Waals surface area contributed by atoms with Crippen molar-refractivity contribution >= 4 is 0 Å². The Morgan fingerprint density at radius 2 is 1.64 bits per heavy atom. The van der Waals surface area contributed by atoms with E-state index in [0.717, 1.165) is 12.8 Å². The molecule has 0 heterocycles. The molecule has 0 bridgehead atoms. The molecule has 2 heteroatoms. The summed E-state index contributed by atoms with van der Waals surface area (Å²) < 4.78 is 0. The summed E-state index contributed by atoms with van der Waals surface area (Å²) in [6, 6.07) is 3.09. The molecule has 0 aromatic carbocycles. The number of nitrogens with one attached hydrogen (secondary N) is 1. The second-order valence-corrected chi connectivity index (χ2v) is 4.88. The van der Waals surface area contributed by atoms with Crippen LogP contribution in [0.1, 0.15) is 57.8 Å². The van der Waals surface area contributed by atoms with E-state index >= 15 is 0 Å². The van der Waals surface area contributed by atoms with Crippen LogP contribution >= 0.6 is 0 Å². The number of hydrogen-bond acceptors (Lipinski definition) is 2. The molecule has 2 aliphatic carbocycles. The van der Waals surface area contributed by atoms with Gasteiger partial charge in [-0.25, -0.2) is 0 Å². The van der Waals surface area contributed by atoms with E-state index in [1.807, 2.05) is 0 Å². The fourth-order valence-corrected chi connectivity index (χ4v) is 2.63. The predicted octanol–water partition coefficient (Wildman–Crippen LogP) is 2.75. The number of rotatable bonds is 2. The van der Waals surface area contributed by atoms with Gasteiger partial charge >= 0.3 is 0 Å². The highest BCUT2D eigenvalue weighted by Gasteiger charge is 2.38. The van der Waals surface area contributed by atoms with E-state index in [1.165, 1.54) is 44.9 Å².